The Morgan fingerprint density at radius 1 is 1.16 bits per heavy atom. The largest absolute Gasteiger partial charge is 0.507 e. The minimum atomic E-state index is -1.43. The Balaban J connectivity index is 0.000000206. The fraction of sp³-hybridized carbons (Fsp3) is 0.483. The summed E-state index contributed by atoms with van der Waals surface area (Å²) < 4.78 is 11.2. The zero-order chi connectivity index (χ0) is 27.1. The summed E-state index contributed by atoms with van der Waals surface area (Å²) in [6.45, 7) is 6.52. The third-order valence-corrected chi connectivity index (χ3v) is 6.76. The maximum atomic E-state index is 12.0. The molecule has 2 aromatic rings. The number of aliphatic hydroxyl groups excluding tert-OH is 2. The molecule has 200 valence electrons. The summed E-state index contributed by atoms with van der Waals surface area (Å²) >= 11 is 0. The highest BCUT2D eigenvalue weighted by molar-refractivity contribution is 5.97. The lowest BCUT2D eigenvalue weighted by Crippen LogP contribution is -2.47. The van der Waals surface area contributed by atoms with Crippen molar-refractivity contribution in [2.45, 2.75) is 65.1 Å². The summed E-state index contributed by atoms with van der Waals surface area (Å²) in [6.07, 6.45) is 9.37. The number of allylic oxidation sites excluding steroid dienone is 4. The van der Waals surface area contributed by atoms with E-state index in [0.29, 0.717) is 47.9 Å². The van der Waals surface area contributed by atoms with Gasteiger partial charge in [-0.1, -0.05) is 44.6 Å². The summed E-state index contributed by atoms with van der Waals surface area (Å²) in [5.74, 6) is -0.174. The molecule has 1 aliphatic heterocycles. The van der Waals surface area contributed by atoms with Gasteiger partial charge in [0.25, 0.3) is 0 Å². The van der Waals surface area contributed by atoms with Gasteiger partial charge in [-0.3, -0.25) is 9.59 Å². The van der Waals surface area contributed by atoms with E-state index in [0.717, 1.165) is 19.3 Å². The molecule has 1 aromatic carbocycles. The van der Waals surface area contributed by atoms with Crippen molar-refractivity contribution >= 4 is 23.0 Å². The lowest BCUT2D eigenvalue weighted by molar-refractivity contribution is -0.146. The van der Waals surface area contributed by atoms with Crippen LogP contribution in [0.25, 0.3) is 11.0 Å². The standard InChI is InChI=1S/C15H16O4.C14H20O4/c1-8-3-4-10-12(18-7-8)6-13-14(15(10)17)11(16)5-9(2)19-13;1-2-3-4-5-6-7-10-8-12(16)14(18)13(17)11(10)9-15/h5-6,8,17H,3-4,7H2,1-2H3;4-7,9-12,14,16,18H,2-3,8H2,1H3. The van der Waals surface area contributed by atoms with Crippen LogP contribution < -0.4 is 10.2 Å². The van der Waals surface area contributed by atoms with Gasteiger partial charge in [0, 0.05) is 17.7 Å². The van der Waals surface area contributed by atoms with Crippen LogP contribution in [0.2, 0.25) is 0 Å². The van der Waals surface area contributed by atoms with Gasteiger partial charge in [0.05, 0.1) is 18.6 Å². The molecule has 0 saturated heterocycles. The number of hydrogen-bond acceptors (Lipinski definition) is 8. The summed E-state index contributed by atoms with van der Waals surface area (Å²) in [5, 5.41) is 29.5. The molecule has 1 aliphatic carbocycles. The topological polar surface area (TPSA) is 134 Å². The van der Waals surface area contributed by atoms with Gasteiger partial charge in [-0.2, -0.15) is 0 Å². The quantitative estimate of drug-likeness (QED) is 0.313. The van der Waals surface area contributed by atoms with E-state index in [1.807, 2.05) is 12.2 Å². The SMILES string of the molecule is CCCC=CC=CC1CC(O)C(O)C(=O)C1C=O.Cc1cc(=O)c2c(O)c3c(cc2o1)OCC(C)CC3. The molecule has 5 unspecified atom stereocenters. The minimum Gasteiger partial charge on any atom is -0.507 e. The number of fused-ring (bicyclic) bond motifs is 2. The van der Waals surface area contributed by atoms with Crippen molar-refractivity contribution in [3.05, 3.63) is 58.0 Å². The van der Waals surface area contributed by atoms with Crippen molar-refractivity contribution in [3.63, 3.8) is 0 Å². The highest BCUT2D eigenvalue weighted by atomic mass is 16.5. The lowest BCUT2D eigenvalue weighted by atomic mass is 9.76. The highest BCUT2D eigenvalue weighted by Crippen LogP contribution is 2.38. The van der Waals surface area contributed by atoms with E-state index < -0.39 is 23.9 Å². The van der Waals surface area contributed by atoms with Crippen molar-refractivity contribution in [2.24, 2.45) is 17.8 Å². The van der Waals surface area contributed by atoms with Gasteiger partial charge in [-0.05, 0) is 44.4 Å². The first kappa shape index (κ1) is 28.3. The van der Waals surface area contributed by atoms with Crippen LogP contribution in [0.3, 0.4) is 0 Å². The number of aryl methyl sites for hydroxylation is 1. The van der Waals surface area contributed by atoms with Crippen molar-refractivity contribution in [3.8, 4) is 11.5 Å². The van der Waals surface area contributed by atoms with E-state index in [9.17, 15) is 29.7 Å². The number of ether oxygens (including phenoxy) is 1. The molecule has 2 aliphatic rings. The maximum Gasteiger partial charge on any atom is 0.196 e. The van der Waals surface area contributed by atoms with Crippen LogP contribution in [0.15, 0.2) is 45.6 Å². The Kier molecular flexibility index (Phi) is 9.83. The molecule has 8 nitrogen and oxygen atoms in total. The van der Waals surface area contributed by atoms with Crippen LogP contribution in [0.1, 0.15) is 50.9 Å². The average Bonchev–Trinajstić information content (AvgIpc) is 3.04. The van der Waals surface area contributed by atoms with Crippen molar-refractivity contribution in [1.82, 2.24) is 0 Å². The summed E-state index contributed by atoms with van der Waals surface area (Å²) in [4.78, 5) is 34.5. The number of aliphatic hydroxyl groups is 2. The van der Waals surface area contributed by atoms with Gasteiger partial charge >= 0.3 is 0 Å². The van der Waals surface area contributed by atoms with Gasteiger partial charge in [-0.15, -0.1) is 0 Å². The first-order valence-corrected chi connectivity index (χ1v) is 12.8. The van der Waals surface area contributed by atoms with Gasteiger partial charge in [-0.25, -0.2) is 0 Å². The van der Waals surface area contributed by atoms with Crippen LogP contribution in [0.5, 0.6) is 11.5 Å². The summed E-state index contributed by atoms with van der Waals surface area (Å²) in [6, 6.07) is 3.12. The number of ketones is 1. The normalized spacial score (nSPS) is 25.9. The van der Waals surface area contributed by atoms with Crippen LogP contribution in [0, 0.1) is 24.7 Å². The summed E-state index contributed by atoms with van der Waals surface area (Å²) in [5.41, 5.74) is 0.889. The number of carbonyl (C=O) groups is 2. The Hall–Kier alpha value is -3.23. The monoisotopic (exact) mass is 512 g/mol. The molecule has 3 N–H and O–H groups in total. The number of rotatable bonds is 5. The number of carbonyl (C=O) groups excluding carboxylic acids is 2. The molecular formula is C29H36O8. The van der Waals surface area contributed by atoms with Gasteiger partial charge < -0.3 is 29.3 Å². The molecular weight excluding hydrogens is 476 g/mol. The fourth-order valence-electron chi connectivity index (χ4n) is 4.58. The second-order valence-electron chi connectivity index (χ2n) is 9.83. The molecule has 1 aromatic heterocycles. The zero-order valence-electron chi connectivity index (χ0n) is 21.6. The number of benzene rings is 1. The molecule has 5 atom stereocenters. The van der Waals surface area contributed by atoms with E-state index in [2.05, 4.69) is 13.8 Å². The molecule has 1 fully saturated rings. The number of Topliss-reactive ketones (excluding diaryl/α,β-unsaturated/α-hetero) is 1. The fourth-order valence-corrected chi connectivity index (χ4v) is 4.58. The zero-order valence-corrected chi connectivity index (χ0v) is 21.6. The molecule has 37 heavy (non-hydrogen) atoms. The van der Waals surface area contributed by atoms with E-state index in [1.54, 1.807) is 25.1 Å². The molecule has 2 heterocycles. The Morgan fingerprint density at radius 3 is 2.62 bits per heavy atom. The van der Waals surface area contributed by atoms with Gasteiger partial charge in [0.1, 0.15) is 40.6 Å². The second kappa shape index (κ2) is 12.8. The number of aldehydes is 1. The second-order valence-corrected chi connectivity index (χ2v) is 9.83. The average molecular weight is 513 g/mol. The Bertz CT molecular complexity index is 1220. The van der Waals surface area contributed by atoms with Crippen molar-refractivity contribution in [1.29, 1.82) is 0 Å². The van der Waals surface area contributed by atoms with Gasteiger partial charge in [0.15, 0.2) is 11.2 Å². The smallest absolute Gasteiger partial charge is 0.196 e. The molecule has 1 saturated carbocycles. The number of unbranched alkanes of at least 4 members (excludes halogenated alkanes) is 1. The Morgan fingerprint density at radius 2 is 1.92 bits per heavy atom. The predicted molar refractivity (Wildman–Crippen MR) is 140 cm³/mol. The first-order valence-electron chi connectivity index (χ1n) is 12.8. The van der Waals surface area contributed by atoms with E-state index in [4.69, 9.17) is 9.15 Å². The Labute approximate surface area is 216 Å². The van der Waals surface area contributed by atoms with Crippen molar-refractivity contribution < 1.29 is 34.1 Å². The molecule has 4 rings (SSSR count). The number of phenols is 1. The number of phenolic OH excluding ortho intramolecular Hbond substituents is 1. The lowest BCUT2D eigenvalue weighted by Gasteiger charge is -2.31. The molecule has 0 spiro atoms. The highest BCUT2D eigenvalue weighted by Gasteiger charge is 2.41. The third kappa shape index (κ3) is 6.76. The minimum absolute atomic E-state index is 0.00958. The van der Waals surface area contributed by atoms with Gasteiger partial charge in [0.2, 0.25) is 0 Å². The van der Waals surface area contributed by atoms with E-state index in [1.165, 1.54) is 6.07 Å². The van der Waals surface area contributed by atoms with Crippen LogP contribution in [-0.4, -0.2) is 46.2 Å². The first-order chi connectivity index (χ1) is 17.7. The summed E-state index contributed by atoms with van der Waals surface area (Å²) in [7, 11) is 0. The molecule has 0 bridgehead atoms. The van der Waals surface area contributed by atoms with Crippen molar-refractivity contribution in [2.75, 3.05) is 6.61 Å². The predicted octanol–water partition coefficient (Wildman–Crippen LogP) is 3.79. The molecule has 8 heteroatoms. The van der Waals surface area contributed by atoms with Crippen LogP contribution >= 0.6 is 0 Å². The van der Waals surface area contributed by atoms with Crippen LogP contribution in [0.4, 0.5) is 0 Å². The van der Waals surface area contributed by atoms with E-state index in [-0.39, 0.29) is 28.9 Å². The number of hydrogen-bond donors (Lipinski definition) is 3. The number of aromatic hydroxyl groups is 1. The maximum absolute atomic E-state index is 12.0. The van der Waals surface area contributed by atoms with E-state index >= 15 is 0 Å². The third-order valence-electron chi connectivity index (χ3n) is 6.76. The molecule has 0 amide bonds. The van der Waals surface area contributed by atoms with Crippen LogP contribution in [-0.2, 0) is 16.0 Å². The molecule has 0 radical (unpaired) electrons.